The van der Waals surface area contributed by atoms with E-state index in [1.807, 2.05) is 37.3 Å². The molecule has 2 aromatic carbocycles. The molecule has 1 N–H and O–H groups in total. The van der Waals surface area contributed by atoms with Crippen molar-refractivity contribution in [3.63, 3.8) is 0 Å². The van der Waals surface area contributed by atoms with Crippen molar-refractivity contribution in [2.75, 3.05) is 5.32 Å². The lowest BCUT2D eigenvalue weighted by molar-refractivity contribution is 0.418. The second-order valence-electron chi connectivity index (χ2n) is 5.71. The highest BCUT2D eigenvalue weighted by Crippen LogP contribution is 2.42. The molecule has 1 unspecified atom stereocenters. The van der Waals surface area contributed by atoms with E-state index in [0.717, 1.165) is 22.6 Å². The van der Waals surface area contributed by atoms with Gasteiger partial charge in [-0.25, -0.2) is 4.99 Å². The van der Waals surface area contributed by atoms with Gasteiger partial charge < -0.3 is 9.73 Å². The molecule has 114 valence electrons. The summed E-state index contributed by atoms with van der Waals surface area (Å²) in [6.45, 7) is 2.02. The fourth-order valence-corrected chi connectivity index (χ4v) is 3.27. The average molecular weight is 323 g/mol. The van der Waals surface area contributed by atoms with Crippen molar-refractivity contribution in [2.45, 2.75) is 12.5 Å². The Labute approximate surface area is 139 Å². The zero-order chi connectivity index (χ0) is 15.9. The third-order valence-electron chi connectivity index (χ3n) is 4.20. The lowest BCUT2D eigenvalue weighted by atomic mass is 9.87. The van der Waals surface area contributed by atoms with Gasteiger partial charge in [-0.2, -0.15) is 0 Å². The van der Waals surface area contributed by atoms with Crippen LogP contribution in [0.25, 0.3) is 11.1 Å². The molecule has 0 bridgehead atoms. The molecule has 2 heterocycles. The summed E-state index contributed by atoms with van der Waals surface area (Å²) in [4.78, 5) is 4.61. The van der Waals surface area contributed by atoms with Gasteiger partial charge in [0.2, 0.25) is 0 Å². The van der Waals surface area contributed by atoms with Crippen LogP contribution in [0.15, 0.2) is 76.3 Å². The van der Waals surface area contributed by atoms with Crippen molar-refractivity contribution in [1.29, 1.82) is 0 Å². The van der Waals surface area contributed by atoms with Crippen LogP contribution in [0.2, 0.25) is 0 Å². The summed E-state index contributed by atoms with van der Waals surface area (Å²) in [5.74, 6) is 0.770. The van der Waals surface area contributed by atoms with Crippen molar-refractivity contribution in [3.05, 3.63) is 78.3 Å². The Kier molecular flexibility index (Phi) is 3.24. The number of nitrogens with zero attached hydrogens (tertiary/aromatic N) is 1. The van der Waals surface area contributed by atoms with E-state index in [1.54, 1.807) is 6.26 Å². The second-order valence-corrected chi connectivity index (χ2v) is 6.07. The standard InChI is InChI=1S/C19H15ClN2O/c1-19(17-16(10-11-23-17)21-18(20)22-19)15-9-5-8-14(12-15)13-6-3-2-4-7-13/h2-12H,1H3,(H,21,22). The quantitative estimate of drug-likeness (QED) is 0.656. The molecule has 1 atom stereocenters. The largest absolute Gasteiger partial charge is 0.464 e. The zero-order valence-electron chi connectivity index (χ0n) is 12.6. The van der Waals surface area contributed by atoms with Crippen LogP contribution in [-0.2, 0) is 5.54 Å². The highest BCUT2D eigenvalue weighted by molar-refractivity contribution is 6.67. The first-order chi connectivity index (χ1) is 11.2. The lowest BCUT2D eigenvalue weighted by Gasteiger charge is -2.29. The van der Waals surface area contributed by atoms with Gasteiger partial charge in [-0.1, -0.05) is 48.5 Å². The highest BCUT2D eigenvalue weighted by Gasteiger charge is 2.37. The minimum absolute atomic E-state index is 0.367. The summed E-state index contributed by atoms with van der Waals surface area (Å²) >= 11 is 6.19. The molecule has 4 heteroatoms. The number of benzene rings is 2. The first kappa shape index (κ1) is 14.1. The number of aliphatic imine (C=N–C) groups is 1. The Morgan fingerprint density at radius 1 is 1.00 bits per heavy atom. The van der Waals surface area contributed by atoms with E-state index in [2.05, 4.69) is 40.6 Å². The molecule has 3 nitrogen and oxygen atoms in total. The third-order valence-corrected chi connectivity index (χ3v) is 4.38. The van der Waals surface area contributed by atoms with Gasteiger partial charge in [0.25, 0.3) is 0 Å². The van der Waals surface area contributed by atoms with E-state index >= 15 is 0 Å². The molecule has 1 aliphatic rings. The first-order valence-electron chi connectivity index (χ1n) is 7.43. The summed E-state index contributed by atoms with van der Waals surface area (Å²) < 4.78 is 5.69. The summed E-state index contributed by atoms with van der Waals surface area (Å²) in [5.41, 5.74) is 3.56. The molecule has 1 aromatic heterocycles. The maximum absolute atomic E-state index is 6.19. The molecule has 1 aliphatic heterocycles. The number of nitrogens with one attached hydrogen (secondary N) is 1. The van der Waals surface area contributed by atoms with E-state index in [0.29, 0.717) is 5.29 Å². The average Bonchev–Trinajstić information content (AvgIpc) is 3.05. The minimum Gasteiger partial charge on any atom is -0.464 e. The molecule has 0 radical (unpaired) electrons. The predicted octanol–water partition coefficient (Wildman–Crippen LogP) is 5.23. The Balaban J connectivity index is 1.86. The number of amidine groups is 1. The maximum Gasteiger partial charge on any atom is 0.197 e. The van der Waals surface area contributed by atoms with Gasteiger partial charge in [0, 0.05) is 6.07 Å². The van der Waals surface area contributed by atoms with Crippen LogP contribution in [-0.4, -0.2) is 5.29 Å². The fourth-order valence-electron chi connectivity index (χ4n) is 3.00. The van der Waals surface area contributed by atoms with E-state index in [9.17, 15) is 0 Å². The maximum atomic E-state index is 6.19. The third kappa shape index (κ3) is 2.34. The van der Waals surface area contributed by atoms with Crippen LogP contribution in [0.4, 0.5) is 5.69 Å². The molecule has 0 saturated heterocycles. The van der Waals surface area contributed by atoms with E-state index in [-0.39, 0.29) is 0 Å². The topological polar surface area (TPSA) is 37.5 Å². The van der Waals surface area contributed by atoms with Crippen LogP contribution in [0, 0.1) is 0 Å². The fraction of sp³-hybridized carbons (Fsp3) is 0.105. The number of hydrogen-bond acceptors (Lipinski definition) is 3. The van der Waals surface area contributed by atoms with Gasteiger partial charge >= 0.3 is 0 Å². The predicted molar refractivity (Wildman–Crippen MR) is 94.0 cm³/mol. The lowest BCUT2D eigenvalue weighted by Crippen LogP contribution is -2.28. The molecule has 0 fully saturated rings. The molecule has 0 amide bonds. The van der Waals surface area contributed by atoms with Crippen LogP contribution >= 0.6 is 11.6 Å². The Bertz CT molecular complexity index is 885. The molecule has 23 heavy (non-hydrogen) atoms. The van der Waals surface area contributed by atoms with Gasteiger partial charge in [0.05, 0.1) is 12.0 Å². The van der Waals surface area contributed by atoms with Crippen LogP contribution < -0.4 is 5.32 Å². The van der Waals surface area contributed by atoms with Crippen molar-refractivity contribution >= 4 is 22.6 Å². The smallest absolute Gasteiger partial charge is 0.197 e. The molecule has 0 spiro atoms. The summed E-state index contributed by atoms with van der Waals surface area (Å²) in [6.07, 6.45) is 1.65. The number of fused-ring (bicyclic) bond motifs is 1. The number of hydrogen-bond donors (Lipinski definition) is 1. The SMILES string of the molecule is CC1(c2cccc(-c3ccccc3)c2)N=C(Cl)Nc2ccoc21. The number of rotatable bonds is 2. The van der Waals surface area contributed by atoms with Crippen molar-refractivity contribution in [2.24, 2.45) is 4.99 Å². The van der Waals surface area contributed by atoms with Crippen molar-refractivity contribution < 1.29 is 4.42 Å². The molecular weight excluding hydrogens is 308 g/mol. The number of anilines is 1. The normalized spacial score (nSPS) is 19.7. The highest BCUT2D eigenvalue weighted by atomic mass is 35.5. The Hall–Kier alpha value is -2.52. The van der Waals surface area contributed by atoms with Gasteiger partial charge in [0.15, 0.2) is 11.1 Å². The van der Waals surface area contributed by atoms with Gasteiger partial charge in [-0.3, -0.25) is 0 Å². The minimum atomic E-state index is -0.647. The van der Waals surface area contributed by atoms with Crippen molar-refractivity contribution in [1.82, 2.24) is 0 Å². The molecule has 4 rings (SSSR count). The van der Waals surface area contributed by atoms with Crippen molar-refractivity contribution in [3.8, 4) is 11.1 Å². The van der Waals surface area contributed by atoms with E-state index < -0.39 is 5.54 Å². The van der Waals surface area contributed by atoms with Gasteiger partial charge in [-0.05, 0) is 41.3 Å². The number of furan rings is 1. The molecule has 0 saturated carbocycles. The summed E-state index contributed by atoms with van der Waals surface area (Å²) in [7, 11) is 0. The summed E-state index contributed by atoms with van der Waals surface area (Å²) in [5, 5.41) is 3.40. The van der Waals surface area contributed by atoms with Crippen LogP contribution in [0.3, 0.4) is 0 Å². The van der Waals surface area contributed by atoms with E-state index in [1.165, 1.54) is 5.56 Å². The monoisotopic (exact) mass is 322 g/mol. The summed E-state index contributed by atoms with van der Waals surface area (Å²) in [6, 6.07) is 20.5. The van der Waals surface area contributed by atoms with Crippen LogP contribution in [0.5, 0.6) is 0 Å². The Morgan fingerprint density at radius 2 is 1.78 bits per heavy atom. The first-order valence-corrected chi connectivity index (χ1v) is 7.81. The molecular formula is C19H15ClN2O. The molecule has 0 aliphatic carbocycles. The number of halogens is 1. The van der Waals surface area contributed by atoms with Crippen LogP contribution in [0.1, 0.15) is 18.2 Å². The van der Waals surface area contributed by atoms with E-state index in [4.69, 9.17) is 16.0 Å². The Morgan fingerprint density at radius 3 is 2.61 bits per heavy atom. The van der Waals surface area contributed by atoms with Gasteiger partial charge in [0.1, 0.15) is 5.54 Å². The molecule has 3 aromatic rings. The zero-order valence-corrected chi connectivity index (χ0v) is 13.3. The second kappa shape index (κ2) is 5.28. The van der Waals surface area contributed by atoms with Gasteiger partial charge in [-0.15, -0.1) is 0 Å².